The van der Waals surface area contributed by atoms with E-state index in [0.717, 1.165) is 12.5 Å². The molecule has 2 aliphatic carbocycles. The quantitative estimate of drug-likeness (QED) is 0.836. The van der Waals surface area contributed by atoms with Gasteiger partial charge in [0.05, 0.1) is 0 Å². The van der Waals surface area contributed by atoms with E-state index in [1.807, 2.05) is 0 Å². The maximum atomic E-state index is 5.86. The number of fused-ring (bicyclic) bond motifs is 1. The van der Waals surface area contributed by atoms with Crippen molar-refractivity contribution in [2.75, 3.05) is 6.54 Å². The van der Waals surface area contributed by atoms with Gasteiger partial charge < -0.3 is 5.73 Å². The summed E-state index contributed by atoms with van der Waals surface area (Å²) in [5.74, 6) is 1.46. The Hall–Kier alpha value is -0.340. The van der Waals surface area contributed by atoms with E-state index < -0.39 is 0 Å². The molecule has 3 rings (SSSR count). The smallest absolute Gasteiger partial charge is 0.00908 e. The molecule has 2 unspecified atom stereocenters. The lowest BCUT2D eigenvalue weighted by Crippen LogP contribution is -2.05. The molecule has 2 atom stereocenters. The molecule has 0 spiro atoms. The first-order valence-electron chi connectivity index (χ1n) is 6.46. The molecule has 0 bridgehead atoms. The Kier molecular flexibility index (Phi) is 2.41. The van der Waals surface area contributed by atoms with Gasteiger partial charge in [-0.25, -0.2) is 0 Å². The van der Waals surface area contributed by atoms with Crippen LogP contribution in [-0.4, -0.2) is 6.54 Å². The van der Waals surface area contributed by atoms with Crippen LogP contribution in [0.15, 0.2) is 6.07 Å². The molecule has 2 aliphatic rings. The van der Waals surface area contributed by atoms with Gasteiger partial charge in [0.25, 0.3) is 0 Å². The first kappa shape index (κ1) is 10.8. The number of hydrogen-bond acceptors (Lipinski definition) is 2. The van der Waals surface area contributed by atoms with E-state index in [2.05, 4.69) is 31.3 Å². The van der Waals surface area contributed by atoms with Crippen LogP contribution in [0.3, 0.4) is 0 Å². The number of thiophene rings is 1. The molecule has 16 heavy (non-hydrogen) atoms. The van der Waals surface area contributed by atoms with Crippen molar-refractivity contribution in [1.82, 2.24) is 0 Å². The first-order chi connectivity index (χ1) is 7.64. The monoisotopic (exact) mass is 235 g/mol. The van der Waals surface area contributed by atoms with Crippen molar-refractivity contribution in [3.8, 4) is 0 Å². The van der Waals surface area contributed by atoms with Crippen molar-refractivity contribution >= 4 is 11.3 Å². The Morgan fingerprint density at radius 2 is 2.12 bits per heavy atom. The Bertz CT molecular complexity index is 381. The number of nitrogens with two attached hydrogens (primary N) is 1. The molecule has 0 radical (unpaired) electrons. The highest BCUT2D eigenvalue weighted by Crippen LogP contribution is 2.65. The van der Waals surface area contributed by atoms with Crippen LogP contribution in [0.4, 0.5) is 0 Å². The molecule has 1 nitrogen and oxygen atoms in total. The lowest BCUT2D eigenvalue weighted by atomic mass is 9.98. The van der Waals surface area contributed by atoms with E-state index in [9.17, 15) is 0 Å². The summed E-state index contributed by atoms with van der Waals surface area (Å²) in [6.07, 6.45) is 5.41. The van der Waals surface area contributed by atoms with E-state index in [0.29, 0.717) is 11.3 Å². The van der Waals surface area contributed by atoms with E-state index in [1.165, 1.54) is 25.7 Å². The molecular weight excluding hydrogens is 214 g/mol. The van der Waals surface area contributed by atoms with Crippen LogP contribution < -0.4 is 5.73 Å². The molecule has 2 N–H and O–H groups in total. The van der Waals surface area contributed by atoms with Gasteiger partial charge in [0.2, 0.25) is 0 Å². The predicted molar refractivity (Wildman–Crippen MR) is 70.0 cm³/mol. The molecule has 1 fully saturated rings. The average Bonchev–Trinajstić information content (AvgIpc) is 2.65. The van der Waals surface area contributed by atoms with Gasteiger partial charge in [0, 0.05) is 15.7 Å². The van der Waals surface area contributed by atoms with Gasteiger partial charge in [-0.3, -0.25) is 0 Å². The van der Waals surface area contributed by atoms with E-state index in [1.54, 1.807) is 15.3 Å². The third-order valence-electron chi connectivity index (χ3n) is 4.63. The summed E-state index contributed by atoms with van der Waals surface area (Å²) >= 11 is 2.07. The maximum Gasteiger partial charge on any atom is 0.00908 e. The molecule has 2 heteroatoms. The standard InChI is InChI=1S/C14H21NS/c1-14(2)10(8-15)13(14)12-7-9-5-3-4-6-11(9)16-12/h7,10,13H,3-6,8,15H2,1-2H3. The van der Waals surface area contributed by atoms with Crippen LogP contribution in [0.5, 0.6) is 0 Å². The summed E-state index contributed by atoms with van der Waals surface area (Å²) in [4.78, 5) is 3.28. The van der Waals surface area contributed by atoms with Gasteiger partial charge in [-0.1, -0.05) is 13.8 Å². The summed E-state index contributed by atoms with van der Waals surface area (Å²) in [6, 6.07) is 2.49. The second-order valence-electron chi connectivity index (χ2n) is 5.95. The van der Waals surface area contributed by atoms with Crippen LogP contribution >= 0.6 is 11.3 Å². The van der Waals surface area contributed by atoms with Crippen molar-refractivity contribution in [2.24, 2.45) is 17.1 Å². The fraction of sp³-hybridized carbons (Fsp3) is 0.714. The highest BCUT2D eigenvalue weighted by atomic mass is 32.1. The second-order valence-corrected chi connectivity index (χ2v) is 7.11. The van der Waals surface area contributed by atoms with Gasteiger partial charge in [-0.15, -0.1) is 11.3 Å². The molecule has 0 aromatic carbocycles. The second kappa shape index (κ2) is 3.58. The normalized spacial score (nSPS) is 31.2. The zero-order valence-electron chi connectivity index (χ0n) is 10.3. The Morgan fingerprint density at radius 1 is 1.38 bits per heavy atom. The van der Waals surface area contributed by atoms with Crippen LogP contribution in [-0.2, 0) is 12.8 Å². The highest BCUT2D eigenvalue weighted by molar-refractivity contribution is 7.12. The topological polar surface area (TPSA) is 26.0 Å². The highest BCUT2D eigenvalue weighted by Gasteiger charge is 2.57. The van der Waals surface area contributed by atoms with Gasteiger partial charge in [0.15, 0.2) is 0 Å². The molecular formula is C14H21NS. The van der Waals surface area contributed by atoms with E-state index >= 15 is 0 Å². The molecule has 1 aromatic rings. The van der Waals surface area contributed by atoms with E-state index in [-0.39, 0.29) is 0 Å². The number of rotatable bonds is 2. The van der Waals surface area contributed by atoms with Gasteiger partial charge in [0.1, 0.15) is 0 Å². The zero-order valence-corrected chi connectivity index (χ0v) is 11.1. The Labute approximate surface area is 102 Å². The molecule has 1 aromatic heterocycles. The molecule has 0 aliphatic heterocycles. The molecule has 0 amide bonds. The molecule has 0 saturated heterocycles. The lowest BCUT2D eigenvalue weighted by Gasteiger charge is -2.08. The van der Waals surface area contributed by atoms with Gasteiger partial charge in [-0.2, -0.15) is 0 Å². The molecule has 1 saturated carbocycles. The third kappa shape index (κ3) is 1.46. The van der Waals surface area contributed by atoms with Gasteiger partial charge in [-0.05, 0) is 55.2 Å². The van der Waals surface area contributed by atoms with Crippen molar-refractivity contribution < 1.29 is 0 Å². The number of hydrogen-bond donors (Lipinski definition) is 1. The Balaban J connectivity index is 1.88. The van der Waals surface area contributed by atoms with Crippen LogP contribution in [0, 0.1) is 11.3 Å². The largest absolute Gasteiger partial charge is 0.330 e. The summed E-state index contributed by atoms with van der Waals surface area (Å²) in [5.41, 5.74) is 7.95. The maximum absolute atomic E-state index is 5.86. The summed E-state index contributed by atoms with van der Waals surface area (Å²) in [5, 5.41) is 0. The minimum Gasteiger partial charge on any atom is -0.330 e. The third-order valence-corrected chi connectivity index (χ3v) is 5.95. The average molecular weight is 235 g/mol. The first-order valence-corrected chi connectivity index (χ1v) is 7.28. The fourth-order valence-electron chi connectivity index (χ4n) is 3.42. The summed E-state index contributed by atoms with van der Waals surface area (Å²) in [6.45, 7) is 5.59. The SMILES string of the molecule is CC1(C)C(CN)C1c1cc2c(s1)CCCC2. The van der Waals surface area contributed by atoms with Crippen molar-refractivity contribution in [2.45, 2.75) is 45.4 Å². The fourth-order valence-corrected chi connectivity index (χ4v) is 5.03. The summed E-state index contributed by atoms with van der Waals surface area (Å²) in [7, 11) is 0. The predicted octanol–water partition coefficient (Wildman–Crippen LogP) is 3.33. The molecule has 88 valence electrons. The van der Waals surface area contributed by atoms with Gasteiger partial charge >= 0.3 is 0 Å². The van der Waals surface area contributed by atoms with Crippen LogP contribution in [0.1, 0.15) is 47.9 Å². The molecule has 1 heterocycles. The van der Waals surface area contributed by atoms with Crippen molar-refractivity contribution in [3.63, 3.8) is 0 Å². The zero-order chi connectivity index (χ0) is 11.3. The Morgan fingerprint density at radius 3 is 2.75 bits per heavy atom. The summed E-state index contributed by atoms with van der Waals surface area (Å²) < 4.78 is 0. The van der Waals surface area contributed by atoms with E-state index in [4.69, 9.17) is 5.73 Å². The minimum absolute atomic E-state index is 0.447. The van der Waals surface area contributed by atoms with Crippen LogP contribution in [0.2, 0.25) is 0 Å². The van der Waals surface area contributed by atoms with Crippen molar-refractivity contribution in [1.29, 1.82) is 0 Å². The lowest BCUT2D eigenvalue weighted by molar-refractivity contribution is 0.559. The van der Waals surface area contributed by atoms with Crippen LogP contribution in [0.25, 0.3) is 0 Å². The van der Waals surface area contributed by atoms with Crippen molar-refractivity contribution in [3.05, 3.63) is 21.4 Å². The minimum atomic E-state index is 0.447. The number of aryl methyl sites for hydroxylation is 2.